The van der Waals surface area contributed by atoms with E-state index in [-0.39, 0.29) is 5.91 Å². The summed E-state index contributed by atoms with van der Waals surface area (Å²) in [6, 6.07) is 14.3. The Labute approximate surface area is 142 Å². The van der Waals surface area contributed by atoms with E-state index in [1.165, 1.54) is 11.8 Å². The van der Waals surface area contributed by atoms with Gasteiger partial charge in [-0.3, -0.25) is 9.89 Å². The van der Waals surface area contributed by atoms with Crippen LogP contribution in [0.1, 0.15) is 12.5 Å². The van der Waals surface area contributed by atoms with Crippen molar-refractivity contribution in [2.24, 2.45) is 0 Å². The summed E-state index contributed by atoms with van der Waals surface area (Å²) in [5, 5.41) is 12.1. The van der Waals surface area contributed by atoms with Gasteiger partial charge in [0, 0.05) is 12.6 Å². The van der Waals surface area contributed by atoms with Crippen LogP contribution >= 0.6 is 0 Å². The average Bonchev–Trinajstić information content (AvgIpc) is 3.11. The number of nitriles is 1. The van der Waals surface area contributed by atoms with Crippen LogP contribution in [0.3, 0.4) is 0 Å². The third-order valence-corrected chi connectivity index (χ3v) is 3.84. The van der Waals surface area contributed by atoms with Crippen molar-refractivity contribution in [3.8, 4) is 6.07 Å². The van der Waals surface area contributed by atoms with Crippen LogP contribution in [0.2, 0.25) is 0 Å². The maximum atomic E-state index is 12.2. The lowest BCUT2D eigenvalue weighted by Gasteiger charge is -2.18. The van der Waals surface area contributed by atoms with E-state index < -0.39 is 0 Å². The Bertz CT molecular complexity index is 1160. The number of rotatable bonds is 2. The van der Waals surface area contributed by atoms with Gasteiger partial charge in [-0.05, 0) is 36.4 Å². The number of fused-ring (bicyclic) bond motifs is 3. The molecule has 8 nitrogen and oxygen atoms in total. The third-order valence-electron chi connectivity index (χ3n) is 3.84. The first-order valence-corrected chi connectivity index (χ1v) is 7.51. The summed E-state index contributed by atoms with van der Waals surface area (Å²) in [4.78, 5) is 22.4. The summed E-state index contributed by atoms with van der Waals surface area (Å²) >= 11 is 0. The smallest absolute Gasteiger partial charge is 0.253 e. The van der Waals surface area contributed by atoms with Gasteiger partial charge in [0.15, 0.2) is 0 Å². The number of nitrogen functional groups attached to an aromatic ring is 1. The van der Waals surface area contributed by atoms with Gasteiger partial charge in [-0.25, -0.2) is 14.4 Å². The van der Waals surface area contributed by atoms with Crippen molar-refractivity contribution in [2.45, 2.75) is 6.92 Å². The molecule has 2 aromatic carbocycles. The lowest BCUT2D eigenvalue weighted by molar-refractivity contribution is -0.115. The maximum Gasteiger partial charge on any atom is 0.253 e. The highest BCUT2D eigenvalue weighted by Gasteiger charge is 2.20. The summed E-state index contributed by atoms with van der Waals surface area (Å²) < 4.78 is 1.67. The van der Waals surface area contributed by atoms with Crippen molar-refractivity contribution < 1.29 is 4.79 Å². The molecule has 0 radical (unpaired) electrons. The molecule has 122 valence electrons. The van der Waals surface area contributed by atoms with Crippen molar-refractivity contribution in [3.63, 3.8) is 0 Å². The number of H-pyrrole nitrogens is 1. The fourth-order valence-electron chi connectivity index (χ4n) is 2.76. The highest BCUT2D eigenvalue weighted by molar-refractivity contribution is 5.98. The van der Waals surface area contributed by atoms with Crippen molar-refractivity contribution in [2.75, 3.05) is 10.6 Å². The summed E-state index contributed by atoms with van der Waals surface area (Å²) in [5.74, 6) is 0.542. The number of carbonyl (C=O) groups excluding carboxylic acids is 1. The zero-order chi connectivity index (χ0) is 17.6. The number of carbonyl (C=O) groups is 1. The first-order valence-electron chi connectivity index (χ1n) is 7.51. The molecular weight excluding hydrogens is 318 g/mol. The third kappa shape index (κ3) is 2.35. The molecule has 0 saturated heterocycles. The number of nitrogens with one attached hydrogen (secondary N) is 1. The SMILES string of the molecule is CC(=O)N(c1cccc(N)c1)c1nc2nc3cc(C#N)ccc3n2[nH]1. The van der Waals surface area contributed by atoms with Crippen molar-refractivity contribution >= 4 is 40.0 Å². The summed E-state index contributed by atoms with van der Waals surface area (Å²) in [5.41, 5.74) is 8.93. The first kappa shape index (κ1) is 14.7. The van der Waals surface area contributed by atoms with E-state index in [1.807, 2.05) is 0 Å². The van der Waals surface area contributed by atoms with Gasteiger partial charge in [-0.2, -0.15) is 10.2 Å². The number of benzene rings is 2. The standard InChI is InChI=1S/C17H13N7O/c1-10(25)23(13-4-2-3-12(19)8-13)17-21-16-20-14-7-11(9-18)5-6-15(14)24(16)22-17/h2-8H,19H2,1H3,(H,20,21,22). The Kier molecular flexibility index (Phi) is 3.15. The second-order valence-electron chi connectivity index (χ2n) is 5.56. The molecule has 0 bridgehead atoms. The number of imidazole rings is 1. The zero-order valence-corrected chi connectivity index (χ0v) is 13.3. The van der Waals surface area contributed by atoms with Crippen molar-refractivity contribution in [3.05, 3.63) is 48.0 Å². The minimum atomic E-state index is -0.210. The Hall–Kier alpha value is -3.86. The second kappa shape index (κ2) is 5.35. The lowest BCUT2D eigenvalue weighted by Crippen LogP contribution is -2.24. The summed E-state index contributed by atoms with van der Waals surface area (Å²) in [6.07, 6.45) is 0. The second-order valence-corrected chi connectivity index (χ2v) is 5.56. The van der Waals surface area contributed by atoms with Crippen LogP contribution in [0.25, 0.3) is 16.8 Å². The number of hydrogen-bond acceptors (Lipinski definition) is 5. The molecule has 2 heterocycles. The van der Waals surface area contributed by atoms with E-state index in [9.17, 15) is 4.79 Å². The summed E-state index contributed by atoms with van der Waals surface area (Å²) in [7, 11) is 0. The van der Waals surface area contributed by atoms with Gasteiger partial charge in [-0.1, -0.05) is 6.07 Å². The van der Waals surface area contributed by atoms with Crippen molar-refractivity contribution in [1.82, 2.24) is 19.6 Å². The number of nitrogens with zero attached hydrogens (tertiary/aromatic N) is 5. The number of aromatic nitrogens is 4. The fraction of sp³-hybridized carbons (Fsp3) is 0.0588. The Morgan fingerprint density at radius 1 is 1.28 bits per heavy atom. The molecule has 0 atom stereocenters. The maximum absolute atomic E-state index is 12.2. The van der Waals surface area contributed by atoms with E-state index in [0.29, 0.717) is 34.2 Å². The quantitative estimate of drug-likeness (QED) is 0.547. The van der Waals surface area contributed by atoms with Gasteiger partial charge in [0.2, 0.25) is 11.9 Å². The minimum absolute atomic E-state index is 0.210. The van der Waals surface area contributed by atoms with E-state index >= 15 is 0 Å². The number of hydrogen-bond donors (Lipinski definition) is 2. The van der Waals surface area contributed by atoms with E-state index in [4.69, 9.17) is 11.0 Å². The molecule has 0 aliphatic carbocycles. The predicted molar refractivity (Wildman–Crippen MR) is 93.2 cm³/mol. The van der Waals surface area contributed by atoms with Gasteiger partial charge in [-0.15, -0.1) is 0 Å². The van der Waals surface area contributed by atoms with Crippen molar-refractivity contribution in [1.29, 1.82) is 5.26 Å². The zero-order valence-electron chi connectivity index (χ0n) is 13.3. The average molecular weight is 331 g/mol. The lowest BCUT2D eigenvalue weighted by atomic mass is 10.2. The van der Waals surface area contributed by atoms with Crippen LogP contribution in [0.5, 0.6) is 0 Å². The molecular formula is C17H13N7O. The molecule has 0 fully saturated rings. The molecule has 0 unspecified atom stereocenters. The molecule has 2 aromatic heterocycles. The number of aromatic amines is 1. The monoisotopic (exact) mass is 331 g/mol. The van der Waals surface area contributed by atoms with Gasteiger partial charge < -0.3 is 5.73 Å². The van der Waals surface area contributed by atoms with Crippen LogP contribution in [0, 0.1) is 11.3 Å². The van der Waals surface area contributed by atoms with Crippen LogP contribution in [0.4, 0.5) is 17.3 Å². The van der Waals surface area contributed by atoms with Crippen LogP contribution < -0.4 is 10.6 Å². The van der Waals surface area contributed by atoms with E-state index in [2.05, 4.69) is 21.1 Å². The molecule has 0 spiro atoms. The number of amides is 1. The van der Waals surface area contributed by atoms with Crippen LogP contribution in [-0.2, 0) is 4.79 Å². The largest absolute Gasteiger partial charge is 0.399 e. The minimum Gasteiger partial charge on any atom is -0.399 e. The number of anilines is 3. The topological polar surface area (TPSA) is 116 Å². The van der Waals surface area contributed by atoms with Gasteiger partial charge in [0.1, 0.15) is 0 Å². The van der Waals surface area contributed by atoms with E-state index in [0.717, 1.165) is 5.52 Å². The first-order chi connectivity index (χ1) is 12.1. The fourth-order valence-corrected chi connectivity index (χ4v) is 2.76. The molecule has 0 saturated carbocycles. The Morgan fingerprint density at radius 3 is 2.84 bits per heavy atom. The van der Waals surface area contributed by atoms with Crippen LogP contribution in [-0.4, -0.2) is 25.5 Å². The molecule has 4 rings (SSSR count). The normalized spacial score (nSPS) is 10.9. The molecule has 0 aliphatic heterocycles. The van der Waals surface area contributed by atoms with Gasteiger partial charge in [0.05, 0.1) is 28.4 Å². The molecule has 4 aromatic rings. The molecule has 0 aliphatic rings. The highest BCUT2D eigenvalue weighted by atomic mass is 16.2. The molecule has 3 N–H and O–H groups in total. The van der Waals surface area contributed by atoms with E-state index in [1.54, 1.807) is 47.0 Å². The summed E-state index contributed by atoms with van der Waals surface area (Å²) in [6.45, 7) is 1.45. The predicted octanol–water partition coefficient (Wildman–Crippen LogP) is 2.35. The van der Waals surface area contributed by atoms with Gasteiger partial charge in [0.25, 0.3) is 5.78 Å². The molecule has 1 amide bonds. The molecule has 8 heteroatoms. The van der Waals surface area contributed by atoms with Gasteiger partial charge >= 0.3 is 0 Å². The van der Waals surface area contributed by atoms with Crippen LogP contribution in [0.15, 0.2) is 42.5 Å². The Morgan fingerprint density at radius 2 is 2.12 bits per heavy atom. The highest BCUT2D eigenvalue weighted by Crippen LogP contribution is 2.26. The number of nitrogens with two attached hydrogens (primary N) is 1. The molecule has 25 heavy (non-hydrogen) atoms. The Balaban J connectivity index is 1.87.